The van der Waals surface area contributed by atoms with E-state index in [4.69, 9.17) is 0 Å². The van der Waals surface area contributed by atoms with E-state index in [2.05, 4.69) is 25.3 Å². The molecule has 1 aromatic carbocycles. The Morgan fingerprint density at radius 2 is 1.80 bits per heavy atom. The number of nitrogens with one attached hydrogen (secondary N) is 4. The standard InChI is InChI=1S/C29H39N5O5S/c1-20-17-24(35)33-26(32-20)34-27(37)30-15-9-4-5-10-16-31-40(38,39)19-29-14-13-23(28(29,2)3)22(25(29)36)18-21-11-7-6-8-12-21/h6-8,11-12,17-18,23,31H,4-5,9-10,13-16,19H2,1-3H3,(H3,30,32,33,34,35,37). The summed E-state index contributed by atoms with van der Waals surface area (Å²) in [5, 5.41) is 5.20. The molecule has 2 unspecified atom stereocenters. The zero-order valence-corrected chi connectivity index (χ0v) is 24.2. The van der Waals surface area contributed by atoms with Crippen molar-refractivity contribution in [2.24, 2.45) is 16.7 Å². The first-order valence-corrected chi connectivity index (χ1v) is 15.5. The molecule has 0 saturated heterocycles. The second kappa shape index (κ2) is 12.1. The summed E-state index contributed by atoms with van der Waals surface area (Å²) in [4.78, 5) is 43.5. The number of urea groups is 1. The number of nitrogens with zero attached hydrogens (tertiary/aromatic N) is 1. The number of hydrogen-bond acceptors (Lipinski definition) is 6. The molecule has 0 aliphatic heterocycles. The summed E-state index contributed by atoms with van der Waals surface area (Å²) in [5.74, 6) is -0.0618. The predicted molar refractivity (Wildman–Crippen MR) is 155 cm³/mol. The zero-order valence-electron chi connectivity index (χ0n) is 23.4. The molecule has 216 valence electrons. The number of carbonyl (C=O) groups is 2. The molecule has 1 aromatic heterocycles. The Kier molecular flexibility index (Phi) is 8.94. The number of H-pyrrole nitrogens is 1. The Morgan fingerprint density at radius 3 is 2.50 bits per heavy atom. The predicted octanol–water partition coefficient (Wildman–Crippen LogP) is 3.77. The maximum atomic E-state index is 13.6. The number of anilines is 1. The van der Waals surface area contributed by atoms with Crippen LogP contribution < -0.4 is 20.9 Å². The number of carbonyl (C=O) groups excluding carboxylic acids is 2. The van der Waals surface area contributed by atoms with Crippen molar-refractivity contribution in [1.82, 2.24) is 20.0 Å². The number of fused-ring (bicyclic) bond motifs is 2. The number of benzene rings is 1. The monoisotopic (exact) mass is 569 g/mol. The highest BCUT2D eigenvalue weighted by Gasteiger charge is 2.67. The van der Waals surface area contributed by atoms with Crippen molar-refractivity contribution >= 4 is 33.9 Å². The van der Waals surface area contributed by atoms with Crippen LogP contribution in [-0.4, -0.2) is 49.0 Å². The number of rotatable bonds is 12. The van der Waals surface area contributed by atoms with Crippen molar-refractivity contribution in [3.63, 3.8) is 0 Å². The lowest BCUT2D eigenvalue weighted by atomic mass is 9.70. The molecule has 4 rings (SSSR count). The first kappa shape index (κ1) is 29.7. The highest BCUT2D eigenvalue weighted by molar-refractivity contribution is 7.89. The third-order valence-corrected chi connectivity index (χ3v) is 9.92. The first-order chi connectivity index (χ1) is 18.9. The fraction of sp³-hybridized carbons (Fsp3) is 0.517. The molecule has 11 heteroatoms. The SMILES string of the molecule is Cc1cc(=O)[nH]c(NC(=O)NCCCCCCNS(=O)(=O)CC23CCC(C(=Cc4ccccc4)C2=O)C3(C)C)n1. The van der Waals surface area contributed by atoms with Gasteiger partial charge in [0.1, 0.15) is 0 Å². The molecule has 0 radical (unpaired) electrons. The van der Waals surface area contributed by atoms with E-state index < -0.39 is 26.9 Å². The number of sulfonamides is 1. The average molecular weight is 570 g/mol. The normalized spacial score (nSPS) is 22.5. The molecular formula is C29H39N5O5S. The van der Waals surface area contributed by atoms with Crippen molar-refractivity contribution in [2.75, 3.05) is 24.2 Å². The van der Waals surface area contributed by atoms with Crippen LogP contribution in [0.3, 0.4) is 0 Å². The minimum atomic E-state index is -3.65. The average Bonchev–Trinajstić information content (AvgIpc) is 3.20. The summed E-state index contributed by atoms with van der Waals surface area (Å²) >= 11 is 0. The third-order valence-electron chi connectivity index (χ3n) is 8.41. The molecule has 2 atom stereocenters. The highest BCUT2D eigenvalue weighted by atomic mass is 32.2. The maximum Gasteiger partial charge on any atom is 0.321 e. The molecular weight excluding hydrogens is 530 g/mol. The Bertz CT molecular complexity index is 1430. The Balaban J connectivity index is 1.20. The van der Waals surface area contributed by atoms with Crippen LogP contribution in [0.2, 0.25) is 0 Å². The van der Waals surface area contributed by atoms with E-state index in [9.17, 15) is 22.8 Å². The molecule has 2 aliphatic carbocycles. The Labute approximate surface area is 235 Å². The van der Waals surface area contributed by atoms with Crippen molar-refractivity contribution in [2.45, 2.75) is 59.3 Å². The molecule has 0 spiro atoms. The van der Waals surface area contributed by atoms with Gasteiger partial charge in [-0.2, -0.15) is 0 Å². The summed E-state index contributed by atoms with van der Waals surface area (Å²) in [5.41, 5.74) is 0.545. The van der Waals surface area contributed by atoms with Crippen LogP contribution in [0.4, 0.5) is 10.7 Å². The second-order valence-corrected chi connectivity index (χ2v) is 13.2. The number of unbranched alkanes of at least 4 members (excludes halogenated alkanes) is 3. The van der Waals surface area contributed by atoms with Crippen LogP contribution >= 0.6 is 0 Å². The summed E-state index contributed by atoms with van der Waals surface area (Å²) in [6.45, 7) is 6.48. The minimum absolute atomic E-state index is 0.0240. The molecule has 1 heterocycles. The van der Waals surface area contributed by atoms with Crippen LogP contribution in [0, 0.1) is 23.7 Å². The number of allylic oxidation sites excluding steroid dienone is 1. The minimum Gasteiger partial charge on any atom is -0.338 e. The topological polar surface area (TPSA) is 150 Å². The summed E-state index contributed by atoms with van der Waals surface area (Å²) in [6.07, 6.45) is 6.33. The molecule has 2 fully saturated rings. The molecule has 40 heavy (non-hydrogen) atoms. The molecule has 4 N–H and O–H groups in total. The number of amides is 2. The van der Waals surface area contributed by atoms with Crippen molar-refractivity contribution in [3.8, 4) is 0 Å². The summed E-state index contributed by atoms with van der Waals surface area (Å²) < 4.78 is 28.9. The first-order valence-electron chi connectivity index (χ1n) is 13.9. The van der Waals surface area contributed by atoms with Gasteiger partial charge in [0.2, 0.25) is 16.0 Å². The van der Waals surface area contributed by atoms with Crippen LogP contribution in [-0.2, 0) is 14.8 Å². The van der Waals surface area contributed by atoms with E-state index in [1.807, 2.05) is 50.3 Å². The van der Waals surface area contributed by atoms with Gasteiger partial charge in [-0.1, -0.05) is 57.0 Å². The van der Waals surface area contributed by atoms with E-state index in [0.717, 1.165) is 36.8 Å². The molecule has 2 saturated carbocycles. The lowest BCUT2D eigenvalue weighted by Gasteiger charge is -2.35. The lowest BCUT2D eigenvalue weighted by molar-refractivity contribution is -0.125. The number of ketones is 1. The smallest absolute Gasteiger partial charge is 0.321 e. The molecule has 2 amide bonds. The molecule has 2 aliphatic rings. The van der Waals surface area contributed by atoms with Crippen LogP contribution in [0.1, 0.15) is 63.6 Å². The van der Waals surface area contributed by atoms with E-state index in [1.165, 1.54) is 6.07 Å². The number of aromatic nitrogens is 2. The van der Waals surface area contributed by atoms with Crippen LogP contribution in [0.15, 0.2) is 46.8 Å². The number of aromatic amines is 1. The van der Waals surface area contributed by atoms with Gasteiger partial charge in [0.15, 0.2) is 5.78 Å². The summed E-state index contributed by atoms with van der Waals surface area (Å²) in [7, 11) is -3.65. The molecule has 10 nitrogen and oxygen atoms in total. The zero-order chi connectivity index (χ0) is 29.0. The molecule has 2 bridgehead atoms. The van der Waals surface area contributed by atoms with E-state index >= 15 is 0 Å². The number of hydrogen-bond donors (Lipinski definition) is 4. The van der Waals surface area contributed by atoms with Gasteiger partial charge in [-0.15, -0.1) is 0 Å². The van der Waals surface area contributed by atoms with Gasteiger partial charge in [-0.05, 0) is 55.6 Å². The highest BCUT2D eigenvalue weighted by Crippen LogP contribution is 2.66. The largest absolute Gasteiger partial charge is 0.338 e. The third kappa shape index (κ3) is 6.52. The molecule has 2 aromatic rings. The van der Waals surface area contributed by atoms with E-state index in [1.54, 1.807) is 6.92 Å². The van der Waals surface area contributed by atoms with Gasteiger partial charge in [0.25, 0.3) is 5.56 Å². The van der Waals surface area contributed by atoms with E-state index in [-0.39, 0.29) is 29.0 Å². The number of aryl methyl sites for hydroxylation is 1. The van der Waals surface area contributed by atoms with Gasteiger partial charge in [0.05, 0.1) is 11.2 Å². The second-order valence-electron chi connectivity index (χ2n) is 11.4. The van der Waals surface area contributed by atoms with Gasteiger partial charge < -0.3 is 5.32 Å². The van der Waals surface area contributed by atoms with Crippen LogP contribution in [0.5, 0.6) is 0 Å². The van der Waals surface area contributed by atoms with Crippen molar-refractivity contribution in [3.05, 3.63) is 63.6 Å². The number of Topliss-reactive ketones (excluding diaryl/α,β-unsaturated/α-hetero) is 1. The van der Waals surface area contributed by atoms with E-state index in [0.29, 0.717) is 31.6 Å². The summed E-state index contributed by atoms with van der Waals surface area (Å²) in [6, 6.07) is 10.6. The van der Waals surface area contributed by atoms with Gasteiger partial charge >= 0.3 is 6.03 Å². The van der Waals surface area contributed by atoms with Crippen LogP contribution in [0.25, 0.3) is 6.08 Å². The Hall–Kier alpha value is -3.31. The quantitative estimate of drug-likeness (QED) is 0.226. The van der Waals surface area contributed by atoms with Crippen molar-refractivity contribution in [1.29, 1.82) is 0 Å². The Morgan fingerprint density at radius 1 is 1.10 bits per heavy atom. The van der Waals surface area contributed by atoms with Crippen molar-refractivity contribution < 1.29 is 18.0 Å². The van der Waals surface area contributed by atoms with Gasteiger partial charge in [-0.25, -0.2) is 22.9 Å². The lowest BCUT2D eigenvalue weighted by Crippen LogP contribution is -2.45. The van der Waals surface area contributed by atoms with Gasteiger partial charge in [0, 0.05) is 30.4 Å². The van der Waals surface area contributed by atoms with Gasteiger partial charge in [-0.3, -0.25) is 19.9 Å². The maximum absolute atomic E-state index is 13.6. The fourth-order valence-electron chi connectivity index (χ4n) is 6.21. The fourth-order valence-corrected chi connectivity index (χ4v) is 8.06.